The number of carboxylic acids is 1. The van der Waals surface area contributed by atoms with Crippen LogP contribution in [0.15, 0.2) is 24.3 Å². The van der Waals surface area contributed by atoms with E-state index in [0.717, 1.165) is 0 Å². The fourth-order valence-corrected chi connectivity index (χ4v) is 1.90. The number of hydrogen-bond donors (Lipinski definition) is 2. The van der Waals surface area contributed by atoms with Crippen molar-refractivity contribution in [1.29, 1.82) is 0 Å². The molecular formula is C11H10FNO3. The third-order valence-corrected chi connectivity index (χ3v) is 2.69. The van der Waals surface area contributed by atoms with Crippen LogP contribution in [-0.4, -0.2) is 23.0 Å². The van der Waals surface area contributed by atoms with Gasteiger partial charge in [0.2, 0.25) is 5.91 Å². The lowest BCUT2D eigenvalue weighted by Gasteiger charge is -2.14. The number of rotatable bonds is 2. The van der Waals surface area contributed by atoms with Crippen LogP contribution in [0.3, 0.4) is 0 Å². The third-order valence-electron chi connectivity index (χ3n) is 2.69. The van der Waals surface area contributed by atoms with E-state index < -0.39 is 17.9 Å². The van der Waals surface area contributed by atoms with E-state index in [1.165, 1.54) is 24.3 Å². The lowest BCUT2D eigenvalue weighted by atomic mass is 9.92. The minimum atomic E-state index is -1.07. The number of nitrogens with one attached hydrogen (secondary N) is 1. The van der Waals surface area contributed by atoms with Gasteiger partial charge in [-0.3, -0.25) is 4.79 Å². The van der Waals surface area contributed by atoms with Crippen molar-refractivity contribution in [3.8, 4) is 0 Å². The van der Waals surface area contributed by atoms with E-state index in [4.69, 9.17) is 5.11 Å². The van der Waals surface area contributed by atoms with Crippen LogP contribution in [0, 0.1) is 5.82 Å². The molecule has 0 radical (unpaired) electrons. The van der Waals surface area contributed by atoms with E-state index in [-0.39, 0.29) is 18.1 Å². The molecule has 2 rings (SSSR count). The summed E-state index contributed by atoms with van der Waals surface area (Å²) in [6.45, 7) is 0. The molecule has 1 aromatic rings. The molecule has 1 heterocycles. The lowest BCUT2D eigenvalue weighted by molar-refractivity contribution is -0.140. The summed E-state index contributed by atoms with van der Waals surface area (Å²) in [4.78, 5) is 22.1. The third kappa shape index (κ3) is 1.88. The normalized spacial score (nSPS) is 24.2. The first kappa shape index (κ1) is 10.6. The average molecular weight is 223 g/mol. The zero-order valence-electron chi connectivity index (χ0n) is 8.31. The molecule has 1 aromatic carbocycles. The van der Waals surface area contributed by atoms with E-state index in [0.29, 0.717) is 5.56 Å². The van der Waals surface area contributed by atoms with Gasteiger partial charge >= 0.3 is 5.97 Å². The Morgan fingerprint density at radius 2 is 2.00 bits per heavy atom. The van der Waals surface area contributed by atoms with Crippen LogP contribution < -0.4 is 5.32 Å². The molecule has 0 saturated carbocycles. The maximum absolute atomic E-state index is 12.7. The topological polar surface area (TPSA) is 66.4 Å². The average Bonchev–Trinajstić information content (AvgIpc) is 2.61. The Hall–Kier alpha value is -1.91. The largest absolute Gasteiger partial charge is 0.480 e. The number of hydrogen-bond acceptors (Lipinski definition) is 2. The first-order chi connectivity index (χ1) is 7.58. The Balaban J connectivity index is 2.28. The summed E-state index contributed by atoms with van der Waals surface area (Å²) in [5, 5.41) is 11.3. The van der Waals surface area contributed by atoms with E-state index in [2.05, 4.69) is 5.32 Å². The van der Waals surface area contributed by atoms with Crippen molar-refractivity contribution >= 4 is 11.9 Å². The monoisotopic (exact) mass is 223 g/mol. The highest BCUT2D eigenvalue weighted by molar-refractivity contribution is 5.89. The second-order valence-corrected chi connectivity index (χ2v) is 3.75. The van der Waals surface area contributed by atoms with Crippen LogP contribution in [0.25, 0.3) is 0 Å². The maximum atomic E-state index is 12.7. The van der Waals surface area contributed by atoms with Crippen LogP contribution in [0.1, 0.15) is 17.9 Å². The van der Waals surface area contributed by atoms with Crippen LogP contribution in [-0.2, 0) is 9.59 Å². The Labute approximate surface area is 91.1 Å². The second-order valence-electron chi connectivity index (χ2n) is 3.75. The van der Waals surface area contributed by atoms with Crippen LogP contribution in [0.4, 0.5) is 4.39 Å². The number of carbonyl (C=O) groups excluding carboxylic acids is 1. The maximum Gasteiger partial charge on any atom is 0.326 e. The first-order valence-electron chi connectivity index (χ1n) is 4.85. The van der Waals surface area contributed by atoms with Crippen LogP contribution in [0.5, 0.6) is 0 Å². The van der Waals surface area contributed by atoms with Gasteiger partial charge in [-0.2, -0.15) is 0 Å². The van der Waals surface area contributed by atoms with Gasteiger partial charge < -0.3 is 10.4 Å². The predicted molar refractivity (Wildman–Crippen MR) is 53.3 cm³/mol. The number of benzene rings is 1. The molecule has 0 spiro atoms. The highest BCUT2D eigenvalue weighted by Crippen LogP contribution is 2.28. The van der Waals surface area contributed by atoms with Crippen LogP contribution >= 0.6 is 0 Å². The van der Waals surface area contributed by atoms with Gasteiger partial charge in [0.1, 0.15) is 11.9 Å². The van der Waals surface area contributed by atoms with E-state index >= 15 is 0 Å². The van der Waals surface area contributed by atoms with Crippen molar-refractivity contribution in [2.75, 3.05) is 0 Å². The van der Waals surface area contributed by atoms with Crippen molar-refractivity contribution in [3.05, 3.63) is 35.6 Å². The molecule has 2 N–H and O–H groups in total. The Bertz CT molecular complexity index is 429. The summed E-state index contributed by atoms with van der Waals surface area (Å²) in [7, 11) is 0. The molecule has 1 amide bonds. The lowest BCUT2D eigenvalue weighted by Crippen LogP contribution is -2.36. The first-order valence-corrected chi connectivity index (χ1v) is 4.85. The number of carbonyl (C=O) groups is 2. The summed E-state index contributed by atoms with van der Waals surface area (Å²) < 4.78 is 12.7. The van der Waals surface area contributed by atoms with Gasteiger partial charge in [0.25, 0.3) is 0 Å². The summed E-state index contributed by atoms with van der Waals surface area (Å²) in [5.41, 5.74) is 0.659. The fraction of sp³-hybridized carbons (Fsp3) is 0.273. The minimum absolute atomic E-state index is 0.128. The Morgan fingerprint density at radius 1 is 1.38 bits per heavy atom. The van der Waals surface area contributed by atoms with Gasteiger partial charge in [-0.25, -0.2) is 9.18 Å². The summed E-state index contributed by atoms with van der Waals surface area (Å²) in [6.07, 6.45) is 0.128. The van der Waals surface area contributed by atoms with Gasteiger partial charge in [0.15, 0.2) is 0 Å². The number of aliphatic carboxylic acids is 1. The molecule has 1 aliphatic rings. The van der Waals surface area contributed by atoms with Gasteiger partial charge in [-0.05, 0) is 17.7 Å². The molecular weight excluding hydrogens is 213 g/mol. The molecule has 1 aliphatic heterocycles. The molecule has 5 heteroatoms. The molecule has 0 bridgehead atoms. The highest BCUT2D eigenvalue weighted by Gasteiger charge is 2.38. The van der Waals surface area contributed by atoms with Crippen molar-refractivity contribution in [3.63, 3.8) is 0 Å². The fourth-order valence-electron chi connectivity index (χ4n) is 1.90. The molecule has 1 saturated heterocycles. The van der Waals surface area contributed by atoms with Gasteiger partial charge in [-0.1, -0.05) is 12.1 Å². The quantitative estimate of drug-likeness (QED) is 0.782. The van der Waals surface area contributed by atoms with E-state index in [9.17, 15) is 14.0 Å². The molecule has 0 aliphatic carbocycles. The van der Waals surface area contributed by atoms with Gasteiger partial charge in [0.05, 0.1) is 0 Å². The number of carboxylic acid groups (broad SMARTS) is 1. The van der Waals surface area contributed by atoms with Crippen LogP contribution in [0.2, 0.25) is 0 Å². The number of amides is 1. The molecule has 0 unspecified atom stereocenters. The smallest absolute Gasteiger partial charge is 0.326 e. The Kier molecular flexibility index (Phi) is 2.60. The molecule has 84 valence electrons. The van der Waals surface area contributed by atoms with Gasteiger partial charge in [0, 0.05) is 12.3 Å². The molecule has 1 fully saturated rings. The molecule has 16 heavy (non-hydrogen) atoms. The van der Waals surface area contributed by atoms with Crippen molar-refractivity contribution < 1.29 is 19.1 Å². The Morgan fingerprint density at radius 3 is 2.56 bits per heavy atom. The second kappa shape index (κ2) is 3.92. The number of halogens is 1. The van der Waals surface area contributed by atoms with Gasteiger partial charge in [-0.15, -0.1) is 0 Å². The van der Waals surface area contributed by atoms with E-state index in [1.807, 2.05) is 0 Å². The molecule has 2 atom stereocenters. The van der Waals surface area contributed by atoms with Crippen molar-refractivity contribution in [2.45, 2.75) is 18.4 Å². The highest BCUT2D eigenvalue weighted by atomic mass is 19.1. The SMILES string of the molecule is O=C1C[C@@H](c2ccc(F)cc2)[C@@H](C(=O)O)N1. The summed E-state index contributed by atoms with van der Waals surface area (Å²) in [5.74, 6) is -2.17. The standard InChI is InChI=1S/C11H10FNO3/c12-7-3-1-6(2-4-7)8-5-9(14)13-10(8)11(15)16/h1-4,8,10H,5H2,(H,13,14)(H,15,16)/t8-,10-/m0/s1. The summed E-state index contributed by atoms with van der Waals surface area (Å²) >= 11 is 0. The molecule has 0 aromatic heterocycles. The van der Waals surface area contributed by atoms with Crippen molar-refractivity contribution in [1.82, 2.24) is 5.32 Å². The van der Waals surface area contributed by atoms with E-state index in [1.54, 1.807) is 0 Å². The summed E-state index contributed by atoms with van der Waals surface area (Å²) in [6, 6.07) is 4.62. The minimum Gasteiger partial charge on any atom is -0.480 e. The predicted octanol–water partition coefficient (Wildman–Crippen LogP) is 0.882. The molecule has 4 nitrogen and oxygen atoms in total. The van der Waals surface area contributed by atoms with Crippen molar-refractivity contribution in [2.24, 2.45) is 0 Å². The zero-order valence-corrected chi connectivity index (χ0v) is 8.31. The zero-order chi connectivity index (χ0) is 11.7.